The molecule has 144 valence electrons. The molecule has 2 aliphatic heterocycles. The molecule has 6 heteroatoms. The molecular weight excluding hydrogens is 362 g/mol. The van der Waals surface area contributed by atoms with Crippen molar-refractivity contribution in [1.29, 1.82) is 5.26 Å². The molecule has 0 N–H and O–H groups in total. The smallest absolute Gasteiger partial charge is 0.264 e. The first kappa shape index (κ1) is 19.7. The van der Waals surface area contributed by atoms with Gasteiger partial charge in [-0.2, -0.15) is 5.26 Å². The number of hydrogen-bond donors (Lipinski definition) is 0. The number of nitriles is 1. The summed E-state index contributed by atoms with van der Waals surface area (Å²) in [6.07, 6.45) is 2.64. The highest BCUT2D eigenvalue weighted by atomic mass is 35.5. The van der Waals surface area contributed by atoms with Crippen LogP contribution in [0.2, 0.25) is 5.02 Å². The Labute approximate surface area is 166 Å². The van der Waals surface area contributed by atoms with Gasteiger partial charge in [0.25, 0.3) is 5.91 Å². The number of ether oxygens (including phenoxy) is 1. The van der Waals surface area contributed by atoms with Crippen LogP contribution in [0.3, 0.4) is 0 Å². The molecule has 2 heterocycles. The summed E-state index contributed by atoms with van der Waals surface area (Å²) in [5.74, 6) is 0.108. The maximum absolute atomic E-state index is 12.7. The predicted octanol–water partition coefficient (Wildman–Crippen LogP) is 3.83. The Balaban J connectivity index is 1.97. The van der Waals surface area contributed by atoms with Crippen LogP contribution in [0.15, 0.2) is 17.7 Å². The van der Waals surface area contributed by atoms with Crippen LogP contribution in [-0.4, -0.2) is 49.7 Å². The zero-order chi connectivity index (χ0) is 19.8. The van der Waals surface area contributed by atoms with Gasteiger partial charge < -0.3 is 14.5 Å². The van der Waals surface area contributed by atoms with Crippen molar-refractivity contribution in [2.24, 2.45) is 0 Å². The fourth-order valence-electron chi connectivity index (χ4n) is 3.95. The molecule has 0 unspecified atom stereocenters. The summed E-state index contributed by atoms with van der Waals surface area (Å²) in [4.78, 5) is 16.6. The number of hydrogen-bond acceptors (Lipinski definition) is 4. The van der Waals surface area contributed by atoms with Crippen LogP contribution in [0.4, 0.5) is 5.69 Å². The van der Waals surface area contributed by atoms with Gasteiger partial charge in [0.2, 0.25) is 0 Å². The number of benzene rings is 1. The Morgan fingerprint density at radius 2 is 2.04 bits per heavy atom. The molecule has 1 atom stereocenters. The van der Waals surface area contributed by atoms with E-state index in [1.165, 1.54) is 5.56 Å². The highest BCUT2D eigenvalue weighted by molar-refractivity contribution is 6.32. The molecule has 2 aliphatic rings. The minimum Gasteiger partial charge on any atom is -0.378 e. The van der Waals surface area contributed by atoms with Crippen LogP contribution in [0.1, 0.15) is 44.2 Å². The molecule has 5 nitrogen and oxygen atoms in total. The maximum Gasteiger partial charge on any atom is 0.264 e. The molecule has 1 saturated heterocycles. The second-order valence-electron chi connectivity index (χ2n) is 7.98. The van der Waals surface area contributed by atoms with Gasteiger partial charge in [0, 0.05) is 36.4 Å². The van der Waals surface area contributed by atoms with Crippen molar-refractivity contribution in [1.82, 2.24) is 4.90 Å². The SMILES string of the molecule is C[C@@H]1CC(C)(C)N(C)c2cc(Cl)c(/C=C(/C#N)C(=O)N3CCOCC3)cc21. The lowest BCUT2D eigenvalue weighted by Gasteiger charge is -2.45. The number of carbonyl (C=O) groups is 1. The first-order chi connectivity index (χ1) is 12.7. The molecule has 0 aromatic heterocycles. The zero-order valence-electron chi connectivity index (χ0n) is 16.4. The topological polar surface area (TPSA) is 56.6 Å². The first-order valence-corrected chi connectivity index (χ1v) is 9.68. The lowest BCUT2D eigenvalue weighted by Crippen LogP contribution is -2.45. The second kappa shape index (κ2) is 7.53. The Morgan fingerprint density at radius 1 is 1.37 bits per heavy atom. The number of rotatable bonds is 2. The zero-order valence-corrected chi connectivity index (χ0v) is 17.1. The van der Waals surface area contributed by atoms with Crippen molar-refractivity contribution in [2.45, 2.75) is 38.6 Å². The third-order valence-electron chi connectivity index (χ3n) is 5.70. The van der Waals surface area contributed by atoms with E-state index in [-0.39, 0.29) is 17.0 Å². The fraction of sp³-hybridized carbons (Fsp3) is 0.524. The van der Waals surface area contributed by atoms with E-state index in [0.29, 0.717) is 42.8 Å². The first-order valence-electron chi connectivity index (χ1n) is 9.30. The average Bonchev–Trinajstić information content (AvgIpc) is 2.65. The molecule has 1 fully saturated rings. The molecule has 3 rings (SSSR count). The van der Waals surface area contributed by atoms with Crippen molar-refractivity contribution < 1.29 is 9.53 Å². The minimum atomic E-state index is -0.263. The number of morpholine rings is 1. The summed E-state index contributed by atoms with van der Waals surface area (Å²) in [6, 6.07) is 6.03. The van der Waals surface area contributed by atoms with Gasteiger partial charge in [-0.15, -0.1) is 0 Å². The molecule has 0 spiro atoms. The molecule has 0 aliphatic carbocycles. The van der Waals surface area contributed by atoms with Gasteiger partial charge in [-0.3, -0.25) is 4.79 Å². The summed E-state index contributed by atoms with van der Waals surface area (Å²) in [5.41, 5.74) is 3.18. The summed E-state index contributed by atoms with van der Waals surface area (Å²) < 4.78 is 5.28. The molecule has 0 bridgehead atoms. The molecular formula is C21H26ClN3O2. The summed E-state index contributed by atoms with van der Waals surface area (Å²) in [5, 5.41) is 10.1. The van der Waals surface area contributed by atoms with Crippen LogP contribution in [0.5, 0.6) is 0 Å². The van der Waals surface area contributed by atoms with E-state index < -0.39 is 0 Å². The van der Waals surface area contributed by atoms with Crippen molar-refractivity contribution in [3.63, 3.8) is 0 Å². The van der Waals surface area contributed by atoms with Crippen molar-refractivity contribution in [3.05, 3.63) is 33.9 Å². The number of carbonyl (C=O) groups excluding carboxylic acids is 1. The Morgan fingerprint density at radius 3 is 2.67 bits per heavy atom. The van der Waals surface area contributed by atoms with Gasteiger partial charge in [-0.1, -0.05) is 18.5 Å². The quantitative estimate of drug-likeness (QED) is 0.571. The van der Waals surface area contributed by atoms with E-state index in [9.17, 15) is 10.1 Å². The van der Waals surface area contributed by atoms with Crippen LogP contribution in [0, 0.1) is 11.3 Å². The van der Waals surface area contributed by atoms with E-state index in [1.807, 2.05) is 18.2 Å². The molecule has 27 heavy (non-hydrogen) atoms. The normalized spacial score (nSPS) is 22.2. The lowest BCUT2D eigenvalue weighted by molar-refractivity contribution is -0.130. The third-order valence-corrected chi connectivity index (χ3v) is 6.03. The average molecular weight is 388 g/mol. The van der Waals surface area contributed by atoms with E-state index >= 15 is 0 Å². The summed E-state index contributed by atoms with van der Waals surface area (Å²) in [7, 11) is 2.08. The van der Waals surface area contributed by atoms with Gasteiger partial charge >= 0.3 is 0 Å². The van der Waals surface area contributed by atoms with Gasteiger partial charge in [0.05, 0.1) is 13.2 Å². The number of nitrogens with zero attached hydrogens (tertiary/aromatic N) is 3. The molecule has 1 aromatic rings. The van der Waals surface area contributed by atoms with Crippen molar-refractivity contribution in [2.75, 3.05) is 38.3 Å². The van der Waals surface area contributed by atoms with Gasteiger partial charge in [0.1, 0.15) is 11.6 Å². The molecule has 0 radical (unpaired) electrons. The monoisotopic (exact) mass is 387 g/mol. The second-order valence-corrected chi connectivity index (χ2v) is 8.39. The van der Waals surface area contributed by atoms with Gasteiger partial charge in [-0.05, 0) is 55.5 Å². The van der Waals surface area contributed by atoms with Crippen LogP contribution in [-0.2, 0) is 9.53 Å². The van der Waals surface area contributed by atoms with E-state index in [0.717, 1.165) is 12.1 Å². The Kier molecular flexibility index (Phi) is 5.50. The molecule has 0 saturated carbocycles. The van der Waals surface area contributed by atoms with Crippen LogP contribution >= 0.6 is 11.6 Å². The standard InChI is InChI=1S/C21H26ClN3O2/c1-14-12-21(2,3)24(4)19-11-18(22)15(10-17(14)19)9-16(13-23)20(26)25-5-7-27-8-6-25/h9-11,14H,5-8,12H2,1-4H3/b16-9-/t14-/m1/s1. The third kappa shape index (κ3) is 3.83. The van der Waals surface area contributed by atoms with Crippen LogP contribution < -0.4 is 4.90 Å². The summed E-state index contributed by atoms with van der Waals surface area (Å²) >= 11 is 6.53. The lowest BCUT2D eigenvalue weighted by atomic mass is 9.80. The van der Waals surface area contributed by atoms with Crippen LogP contribution in [0.25, 0.3) is 6.08 Å². The maximum atomic E-state index is 12.7. The molecule has 1 amide bonds. The fourth-order valence-corrected chi connectivity index (χ4v) is 4.16. The summed E-state index contributed by atoms with van der Waals surface area (Å²) in [6.45, 7) is 8.68. The number of halogens is 1. The van der Waals surface area contributed by atoms with E-state index in [4.69, 9.17) is 16.3 Å². The number of amides is 1. The Bertz CT molecular complexity index is 819. The van der Waals surface area contributed by atoms with Crippen molar-refractivity contribution >= 4 is 29.3 Å². The van der Waals surface area contributed by atoms with E-state index in [1.54, 1.807) is 11.0 Å². The van der Waals surface area contributed by atoms with E-state index in [2.05, 4.69) is 32.7 Å². The number of anilines is 1. The highest BCUT2D eigenvalue weighted by Crippen LogP contribution is 2.44. The highest BCUT2D eigenvalue weighted by Gasteiger charge is 2.34. The minimum absolute atomic E-state index is 0.0528. The Hall–Kier alpha value is -2.03. The number of fused-ring (bicyclic) bond motifs is 1. The largest absolute Gasteiger partial charge is 0.378 e. The van der Waals surface area contributed by atoms with Crippen molar-refractivity contribution in [3.8, 4) is 6.07 Å². The van der Waals surface area contributed by atoms with Gasteiger partial charge in [-0.25, -0.2) is 0 Å². The molecule has 1 aromatic carbocycles. The predicted molar refractivity (Wildman–Crippen MR) is 108 cm³/mol. The van der Waals surface area contributed by atoms with Gasteiger partial charge in [0.15, 0.2) is 0 Å².